The average molecular weight is 372 g/mol. The Morgan fingerprint density at radius 2 is 2.00 bits per heavy atom. The van der Waals surface area contributed by atoms with E-state index in [4.69, 9.17) is 11.6 Å². The fourth-order valence-electron chi connectivity index (χ4n) is 2.41. The van der Waals surface area contributed by atoms with Gasteiger partial charge in [-0.1, -0.05) is 41.6 Å². The Bertz CT molecular complexity index is 907. The molecule has 6 heteroatoms. The third-order valence-corrected chi connectivity index (χ3v) is 4.90. The maximum Gasteiger partial charge on any atom is 0.234 e. The lowest BCUT2D eigenvalue weighted by atomic mass is 10.2. The molecule has 128 valence electrons. The molecule has 0 atom stereocenters. The first kappa shape index (κ1) is 17.6. The van der Waals surface area contributed by atoms with Gasteiger partial charge in [-0.15, -0.1) is 0 Å². The highest BCUT2D eigenvalue weighted by atomic mass is 35.5. The molecule has 1 heterocycles. The van der Waals surface area contributed by atoms with Crippen LogP contribution in [0.4, 0.5) is 5.69 Å². The molecule has 0 aliphatic heterocycles. The average Bonchev–Trinajstić information content (AvgIpc) is 3.04. The molecule has 0 saturated heterocycles. The Labute approximate surface area is 156 Å². The van der Waals surface area contributed by atoms with E-state index in [-0.39, 0.29) is 11.7 Å². The Kier molecular flexibility index (Phi) is 5.46. The first-order valence-corrected chi connectivity index (χ1v) is 9.18. The van der Waals surface area contributed by atoms with E-state index in [0.717, 1.165) is 16.4 Å². The Morgan fingerprint density at radius 3 is 2.76 bits per heavy atom. The third-order valence-electron chi connectivity index (χ3n) is 3.62. The number of amides is 1. The third kappa shape index (κ3) is 4.44. The Morgan fingerprint density at radius 1 is 1.20 bits per heavy atom. The molecule has 1 aromatic heterocycles. The van der Waals surface area contributed by atoms with E-state index in [1.165, 1.54) is 17.3 Å². The quantitative estimate of drug-likeness (QED) is 0.650. The van der Waals surface area contributed by atoms with E-state index in [1.54, 1.807) is 6.20 Å². The number of hydrogen-bond acceptors (Lipinski definition) is 3. The number of aryl methyl sites for hydroxylation is 2. The van der Waals surface area contributed by atoms with Crippen LogP contribution < -0.4 is 5.32 Å². The molecule has 0 radical (unpaired) electrons. The highest BCUT2D eigenvalue weighted by molar-refractivity contribution is 7.99. The van der Waals surface area contributed by atoms with Gasteiger partial charge in [-0.05, 0) is 49.2 Å². The zero-order valence-electron chi connectivity index (χ0n) is 14.0. The first-order valence-electron chi connectivity index (χ1n) is 7.82. The van der Waals surface area contributed by atoms with Crippen molar-refractivity contribution in [3.63, 3.8) is 0 Å². The molecule has 25 heavy (non-hydrogen) atoms. The zero-order chi connectivity index (χ0) is 17.8. The maximum atomic E-state index is 12.2. The van der Waals surface area contributed by atoms with Gasteiger partial charge in [0.05, 0.1) is 16.5 Å². The molecule has 0 bridgehead atoms. The van der Waals surface area contributed by atoms with Crippen molar-refractivity contribution >= 4 is 35.0 Å². The summed E-state index contributed by atoms with van der Waals surface area (Å²) < 4.78 is 1.98. The fraction of sp³-hybridized carbons (Fsp3) is 0.158. The number of carbonyl (C=O) groups excluding carboxylic acids is 1. The lowest BCUT2D eigenvalue weighted by Crippen LogP contribution is -2.14. The number of halogens is 1. The largest absolute Gasteiger partial charge is 0.324 e. The van der Waals surface area contributed by atoms with Crippen molar-refractivity contribution in [1.29, 1.82) is 0 Å². The molecule has 0 spiro atoms. The van der Waals surface area contributed by atoms with Gasteiger partial charge in [0.2, 0.25) is 5.91 Å². The lowest BCUT2D eigenvalue weighted by Gasteiger charge is -2.09. The van der Waals surface area contributed by atoms with Crippen molar-refractivity contribution in [2.75, 3.05) is 11.1 Å². The van der Waals surface area contributed by atoms with E-state index >= 15 is 0 Å². The van der Waals surface area contributed by atoms with Crippen LogP contribution in [-0.2, 0) is 4.79 Å². The van der Waals surface area contributed by atoms with Crippen molar-refractivity contribution in [3.05, 3.63) is 71.0 Å². The molecule has 3 aromatic rings. The number of nitrogens with zero attached hydrogens (tertiary/aromatic N) is 2. The number of rotatable bonds is 5. The molecule has 3 rings (SSSR count). The number of hydrogen-bond donors (Lipinski definition) is 1. The minimum atomic E-state index is -0.116. The number of nitrogens with one attached hydrogen (secondary N) is 1. The summed E-state index contributed by atoms with van der Waals surface area (Å²) in [7, 11) is 0. The Hall–Kier alpha value is -2.24. The Balaban J connectivity index is 1.66. The number of aromatic nitrogens is 2. The van der Waals surface area contributed by atoms with Gasteiger partial charge in [0, 0.05) is 18.1 Å². The van der Waals surface area contributed by atoms with E-state index in [0.29, 0.717) is 10.7 Å². The van der Waals surface area contributed by atoms with Crippen LogP contribution in [0.15, 0.2) is 60.0 Å². The topological polar surface area (TPSA) is 46.9 Å². The normalized spacial score (nSPS) is 10.7. The molecule has 1 amide bonds. The van der Waals surface area contributed by atoms with Crippen LogP contribution in [0.25, 0.3) is 5.69 Å². The van der Waals surface area contributed by atoms with Crippen molar-refractivity contribution in [2.24, 2.45) is 0 Å². The first-order chi connectivity index (χ1) is 12.0. The SMILES string of the molecule is Cc1cccc(-n2ccnc2SCC(=O)Nc2ccc(C)cc2Cl)c1. The van der Waals surface area contributed by atoms with Crippen LogP contribution in [-0.4, -0.2) is 21.2 Å². The van der Waals surface area contributed by atoms with E-state index in [1.807, 2.05) is 61.0 Å². The summed E-state index contributed by atoms with van der Waals surface area (Å²) in [5.41, 5.74) is 3.88. The van der Waals surface area contributed by atoms with E-state index in [9.17, 15) is 4.79 Å². The monoisotopic (exact) mass is 371 g/mol. The summed E-state index contributed by atoms with van der Waals surface area (Å²) in [5, 5.41) is 4.15. The second kappa shape index (κ2) is 7.76. The van der Waals surface area contributed by atoms with Crippen LogP contribution in [0, 0.1) is 13.8 Å². The number of imidazole rings is 1. The maximum absolute atomic E-state index is 12.2. The van der Waals surface area contributed by atoms with Crippen molar-refractivity contribution in [1.82, 2.24) is 9.55 Å². The number of anilines is 1. The van der Waals surface area contributed by atoms with Crippen LogP contribution >= 0.6 is 23.4 Å². The van der Waals surface area contributed by atoms with Crippen molar-refractivity contribution < 1.29 is 4.79 Å². The minimum absolute atomic E-state index is 0.116. The van der Waals surface area contributed by atoms with Crippen molar-refractivity contribution in [2.45, 2.75) is 19.0 Å². The highest BCUT2D eigenvalue weighted by Gasteiger charge is 2.11. The molecule has 1 N–H and O–H groups in total. The second-order valence-corrected chi connectivity index (χ2v) is 7.09. The summed E-state index contributed by atoms with van der Waals surface area (Å²) in [6.45, 7) is 4.00. The predicted octanol–water partition coefficient (Wildman–Crippen LogP) is 4.87. The zero-order valence-corrected chi connectivity index (χ0v) is 15.6. The molecule has 0 aliphatic rings. The standard InChI is InChI=1S/C19H18ClN3OS/c1-13-4-3-5-15(10-13)23-9-8-21-19(23)25-12-18(24)22-17-7-6-14(2)11-16(17)20/h3-11H,12H2,1-2H3,(H,22,24). The predicted molar refractivity (Wildman–Crippen MR) is 104 cm³/mol. The van der Waals surface area contributed by atoms with Gasteiger partial charge in [0.15, 0.2) is 5.16 Å². The molecule has 0 fully saturated rings. The molecule has 4 nitrogen and oxygen atoms in total. The minimum Gasteiger partial charge on any atom is -0.324 e. The molecule has 0 saturated carbocycles. The van der Waals surface area contributed by atoms with Gasteiger partial charge < -0.3 is 5.32 Å². The van der Waals surface area contributed by atoms with Gasteiger partial charge >= 0.3 is 0 Å². The fourth-order valence-corrected chi connectivity index (χ4v) is 3.46. The summed E-state index contributed by atoms with van der Waals surface area (Å²) in [5.74, 6) is 0.141. The van der Waals surface area contributed by atoms with Crippen LogP contribution in [0.5, 0.6) is 0 Å². The molecule has 0 unspecified atom stereocenters. The summed E-state index contributed by atoms with van der Waals surface area (Å²) >= 11 is 7.54. The highest BCUT2D eigenvalue weighted by Crippen LogP contribution is 2.24. The van der Waals surface area contributed by atoms with Gasteiger partial charge in [0.1, 0.15) is 0 Å². The van der Waals surface area contributed by atoms with Crippen molar-refractivity contribution in [3.8, 4) is 5.69 Å². The van der Waals surface area contributed by atoms with E-state index < -0.39 is 0 Å². The summed E-state index contributed by atoms with van der Waals surface area (Å²) in [4.78, 5) is 16.6. The molecule has 2 aromatic carbocycles. The van der Waals surface area contributed by atoms with Crippen LogP contribution in [0.3, 0.4) is 0 Å². The van der Waals surface area contributed by atoms with Crippen LogP contribution in [0.2, 0.25) is 5.02 Å². The number of thioether (sulfide) groups is 1. The lowest BCUT2D eigenvalue weighted by molar-refractivity contribution is -0.113. The second-order valence-electron chi connectivity index (χ2n) is 5.74. The van der Waals surface area contributed by atoms with Gasteiger partial charge in [-0.2, -0.15) is 0 Å². The summed E-state index contributed by atoms with van der Waals surface area (Å²) in [6, 6.07) is 13.7. The van der Waals surface area contributed by atoms with E-state index in [2.05, 4.69) is 16.4 Å². The van der Waals surface area contributed by atoms with Gasteiger partial charge in [-0.25, -0.2) is 4.98 Å². The molecule has 0 aliphatic carbocycles. The number of benzene rings is 2. The number of carbonyl (C=O) groups is 1. The molecular weight excluding hydrogens is 354 g/mol. The van der Waals surface area contributed by atoms with Gasteiger partial charge in [-0.3, -0.25) is 9.36 Å². The summed E-state index contributed by atoms with van der Waals surface area (Å²) in [6.07, 6.45) is 3.63. The smallest absolute Gasteiger partial charge is 0.234 e. The van der Waals surface area contributed by atoms with Crippen LogP contribution in [0.1, 0.15) is 11.1 Å². The van der Waals surface area contributed by atoms with Gasteiger partial charge in [0.25, 0.3) is 0 Å². The molecular formula is C19H18ClN3OS.